The molecule has 136 valence electrons. The fourth-order valence-electron chi connectivity index (χ4n) is 2.17. The van der Waals surface area contributed by atoms with Crippen LogP contribution in [0, 0.1) is 13.8 Å². The maximum atomic E-state index is 12.2. The van der Waals surface area contributed by atoms with Crippen LogP contribution in [-0.4, -0.2) is 18.0 Å². The van der Waals surface area contributed by atoms with Gasteiger partial charge in [-0.2, -0.15) is 0 Å². The first-order chi connectivity index (χ1) is 12.3. The third kappa shape index (κ3) is 5.35. The van der Waals surface area contributed by atoms with Gasteiger partial charge in [-0.1, -0.05) is 41.4 Å². The Balaban J connectivity index is 1.95. The van der Waals surface area contributed by atoms with Crippen molar-refractivity contribution in [3.63, 3.8) is 0 Å². The maximum absolute atomic E-state index is 12.2. The number of ether oxygens (including phenoxy) is 1. The highest BCUT2D eigenvalue weighted by Gasteiger charge is 2.17. The fourth-order valence-corrected chi connectivity index (χ4v) is 2.47. The lowest BCUT2D eigenvalue weighted by atomic mass is 10.1. The van der Waals surface area contributed by atoms with Gasteiger partial charge < -0.3 is 10.1 Å². The van der Waals surface area contributed by atoms with Crippen molar-refractivity contribution >= 4 is 46.8 Å². The van der Waals surface area contributed by atoms with Gasteiger partial charge >= 0.3 is 5.97 Å². The van der Waals surface area contributed by atoms with Crippen molar-refractivity contribution in [1.29, 1.82) is 0 Å². The van der Waals surface area contributed by atoms with E-state index in [1.54, 1.807) is 30.3 Å². The van der Waals surface area contributed by atoms with E-state index >= 15 is 0 Å². The largest absolute Gasteiger partial charge is 0.449 e. The number of anilines is 1. The summed E-state index contributed by atoms with van der Waals surface area (Å²) in [6.07, 6.45) is 1.85. The summed E-state index contributed by atoms with van der Waals surface area (Å²) >= 11 is 11.8. The van der Waals surface area contributed by atoms with Crippen molar-refractivity contribution in [1.82, 2.24) is 0 Å². The molecule has 0 fully saturated rings. The zero-order valence-electron chi connectivity index (χ0n) is 14.7. The molecule has 0 heterocycles. The number of carbonyl (C=O) groups excluding carboxylic acids is 2. The molecule has 6 heteroatoms. The van der Waals surface area contributed by atoms with Crippen LogP contribution in [0.5, 0.6) is 0 Å². The quantitative estimate of drug-likeness (QED) is 0.563. The van der Waals surface area contributed by atoms with Gasteiger partial charge in [-0.15, -0.1) is 0 Å². The van der Waals surface area contributed by atoms with Crippen LogP contribution < -0.4 is 5.32 Å². The van der Waals surface area contributed by atoms with Crippen LogP contribution in [0.1, 0.15) is 23.6 Å². The van der Waals surface area contributed by atoms with Crippen molar-refractivity contribution in [3.8, 4) is 0 Å². The first kappa shape index (κ1) is 20.0. The van der Waals surface area contributed by atoms with E-state index in [2.05, 4.69) is 5.32 Å². The van der Waals surface area contributed by atoms with Gasteiger partial charge in [-0.25, -0.2) is 4.79 Å². The third-order valence-electron chi connectivity index (χ3n) is 3.88. The van der Waals surface area contributed by atoms with Gasteiger partial charge in [0, 0.05) is 11.8 Å². The third-order valence-corrected chi connectivity index (χ3v) is 4.62. The standard InChI is InChI=1S/C20H19Cl2NO3/c1-12-5-4-6-18(13(12)2)23-20(25)14(3)26-19(24)10-8-15-7-9-16(21)17(22)11-15/h4-11,14H,1-3H3,(H,23,25)/b10-8+. The Labute approximate surface area is 162 Å². The Hall–Kier alpha value is -2.30. The van der Waals surface area contributed by atoms with E-state index < -0.39 is 18.0 Å². The Morgan fingerprint density at radius 3 is 2.54 bits per heavy atom. The number of esters is 1. The summed E-state index contributed by atoms with van der Waals surface area (Å²) in [4.78, 5) is 24.1. The number of hydrogen-bond donors (Lipinski definition) is 1. The van der Waals surface area contributed by atoms with Crippen LogP contribution in [0.25, 0.3) is 6.08 Å². The van der Waals surface area contributed by atoms with Crippen molar-refractivity contribution in [3.05, 3.63) is 69.2 Å². The maximum Gasteiger partial charge on any atom is 0.331 e. The van der Waals surface area contributed by atoms with Crippen molar-refractivity contribution in [2.75, 3.05) is 5.32 Å². The molecule has 1 amide bonds. The first-order valence-corrected chi connectivity index (χ1v) is 8.74. The van der Waals surface area contributed by atoms with E-state index in [-0.39, 0.29) is 0 Å². The Kier molecular flexibility index (Phi) is 6.83. The summed E-state index contributed by atoms with van der Waals surface area (Å²) in [7, 11) is 0. The van der Waals surface area contributed by atoms with Gasteiger partial charge in [0.15, 0.2) is 6.10 Å². The molecular weight excluding hydrogens is 373 g/mol. The molecular formula is C20H19Cl2NO3. The van der Waals surface area contributed by atoms with Crippen molar-refractivity contribution in [2.24, 2.45) is 0 Å². The highest BCUT2D eigenvalue weighted by atomic mass is 35.5. The molecule has 0 radical (unpaired) electrons. The van der Waals surface area contributed by atoms with Crippen LogP contribution in [0.15, 0.2) is 42.5 Å². The average Bonchev–Trinajstić information content (AvgIpc) is 2.60. The molecule has 2 aromatic carbocycles. The zero-order valence-corrected chi connectivity index (χ0v) is 16.2. The van der Waals surface area contributed by atoms with E-state index in [9.17, 15) is 9.59 Å². The fraction of sp³-hybridized carbons (Fsp3) is 0.200. The van der Waals surface area contributed by atoms with E-state index in [1.165, 1.54) is 13.0 Å². The molecule has 1 unspecified atom stereocenters. The molecule has 0 aliphatic rings. The van der Waals surface area contributed by atoms with Crippen LogP contribution in [0.4, 0.5) is 5.69 Å². The predicted molar refractivity (Wildman–Crippen MR) is 106 cm³/mol. The lowest BCUT2D eigenvalue weighted by Crippen LogP contribution is -2.29. The van der Waals surface area contributed by atoms with Gasteiger partial charge in [0.1, 0.15) is 0 Å². The van der Waals surface area contributed by atoms with Gasteiger partial charge in [0.2, 0.25) is 0 Å². The van der Waals surface area contributed by atoms with Crippen LogP contribution in [-0.2, 0) is 14.3 Å². The highest BCUT2D eigenvalue weighted by Crippen LogP contribution is 2.23. The summed E-state index contributed by atoms with van der Waals surface area (Å²) in [6, 6.07) is 10.6. The van der Waals surface area contributed by atoms with Crippen molar-refractivity contribution < 1.29 is 14.3 Å². The normalized spacial score (nSPS) is 12.0. The monoisotopic (exact) mass is 391 g/mol. The molecule has 4 nitrogen and oxygen atoms in total. The minimum atomic E-state index is -0.930. The number of aryl methyl sites for hydroxylation is 1. The highest BCUT2D eigenvalue weighted by molar-refractivity contribution is 6.42. The van der Waals surface area contributed by atoms with Crippen molar-refractivity contribution in [2.45, 2.75) is 26.9 Å². The minimum absolute atomic E-state index is 0.392. The summed E-state index contributed by atoms with van der Waals surface area (Å²) in [5, 5.41) is 3.60. The molecule has 0 bridgehead atoms. The minimum Gasteiger partial charge on any atom is -0.449 e. The number of hydrogen-bond acceptors (Lipinski definition) is 3. The molecule has 0 aromatic heterocycles. The molecule has 0 saturated carbocycles. The summed E-state index contributed by atoms with van der Waals surface area (Å²) in [6.45, 7) is 5.40. The molecule has 2 rings (SSSR count). The van der Waals surface area contributed by atoms with Crippen LogP contribution in [0.2, 0.25) is 10.0 Å². The molecule has 0 aliphatic heterocycles. The van der Waals surface area contributed by atoms with Gasteiger partial charge in [0.05, 0.1) is 10.0 Å². The Morgan fingerprint density at radius 1 is 1.12 bits per heavy atom. The average molecular weight is 392 g/mol. The number of rotatable bonds is 5. The number of nitrogens with one attached hydrogen (secondary N) is 1. The lowest BCUT2D eigenvalue weighted by Gasteiger charge is -2.14. The predicted octanol–water partition coefficient (Wildman–Crippen LogP) is 5.19. The zero-order chi connectivity index (χ0) is 19.3. The Morgan fingerprint density at radius 2 is 1.85 bits per heavy atom. The SMILES string of the molecule is Cc1cccc(NC(=O)C(C)OC(=O)/C=C/c2ccc(Cl)c(Cl)c2)c1C. The molecule has 26 heavy (non-hydrogen) atoms. The Bertz CT molecular complexity index is 862. The molecule has 0 spiro atoms. The molecule has 0 saturated heterocycles. The van der Waals surface area contributed by atoms with Crippen LogP contribution in [0.3, 0.4) is 0 Å². The summed E-state index contributed by atoms with van der Waals surface area (Å²) in [5.74, 6) is -1.02. The number of amides is 1. The second-order valence-corrected chi connectivity index (χ2v) is 6.64. The topological polar surface area (TPSA) is 55.4 Å². The van der Waals surface area contributed by atoms with E-state index in [4.69, 9.17) is 27.9 Å². The first-order valence-electron chi connectivity index (χ1n) is 7.98. The smallest absolute Gasteiger partial charge is 0.331 e. The van der Waals surface area contributed by atoms with Gasteiger partial charge in [-0.3, -0.25) is 4.79 Å². The van der Waals surface area contributed by atoms with E-state index in [0.717, 1.165) is 11.1 Å². The second-order valence-electron chi connectivity index (χ2n) is 5.82. The molecule has 2 aromatic rings. The van der Waals surface area contributed by atoms with Gasteiger partial charge in [-0.05, 0) is 61.7 Å². The summed E-state index contributed by atoms with van der Waals surface area (Å²) < 4.78 is 5.13. The molecule has 1 N–H and O–H groups in total. The number of halogens is 2. The molecule has 1 atom stereocenters. The molecule has 0 aliphatic carbocycles. The number of benzene rings is 2. The van der Waals surface area contributed by atoms with E-state index in [0.29, 0.717) is 21.3 Å². The lowest BCUT2D eigenvalue weighted by molar-refractivity contribution is -0.148. The van der Waals surface area contributed by atoms with Gasteiger partial charge in [0.25, 0.3) is 5.91 Å². The summed E-state index contributed by atoms with van der Waals surface area (Å²) in [5.41, 5.74) is 3.43. The van der Waals surface area contributed by atoms with Crippen LogP contribution >= 0.6 is 23.2 Å². The van der Waals surface area contributed by atoms with E-state index in [1.807, 2.05) is 26.0 Å². The number of carbonyl (C=O) groups is 2. The second kappa shape index (κ2) is 8.88.